The Hall–Kier alpha value is -2.36. The number of nitrogens with zero attached hydrogens (tertiary/aromatic N) is 3. The fourth-order valence-corrected chi connectivity index (χ4v) is 2.95. The summed E-state index contributed by atoms with van der Waals surface area (Å²) in [5, 5.41) is 0. The van der Waals surface area contributed by atoms with Gasteiger partial charge in [-0.15, -0.1) is 0 Å². The van der Waals surface area contributed by atoms with Gasteiger partial charge in [0.25, 0.3) is 5.91 Å². The zero-order chi connectivity index (χ0) is 16.2. The Labute approximate surface area is 137 Å². The lowest BCUT2D eigenvalue weighted by Crippen LogP contribution is -2.29. The van der Waals surface area contributed by atoms with E-state index in [1.165, 1.54) is 12.0 Å². The highest BCUT2D eigenvalue weighted by Crippen LogP contribution is 2.28. The smallest absolute Gasteiger partial charge is 0.276 e. The van der Waals surface area contributed by atoms with Gasteiger partial charge in [-0.2, -0.15) is 0 Å². The van der Waals surface area contributed by atoms with Crippen LogP contribution in [-0.2, 0) is 6.42 Å². The minimum Gasteiger partial charge on any atom is -0.373 e. The number of benzene rings is 1. The first-order chi connectivity index (χ1) is 11.2. The standard InChI is InChI=1S/C19H23N3O/c1-3-4-12-21(2)16-9-10-17(20-14-16)19(23)22-13-11-15-7-5-6-8-18(15)22/h5-10,14H,3-4,11-13H2,1-2H3. The summed E-state index contributed by atoms with van der Waals surface area (Å²) in [6.07, 6.45) is 5.04. The summed E-state index contributed by atoms with van der Waals surface area (Å²) in [6, 6.07) is 11.9. The van der Waals surface area contributed by atoms with Gasteiger partial charge in [0.05, 0.1) is 11.9 Å². The molecule has 4 heteroatoms. The normalized spacial score (nSPS) is 13.0. The lowest BCUT2D eigenvalue weighted by atomic mass is 10.2. The SMILES string of the molecule is CCCCN(C)c1ccc(C(=O)N2CCc3ccccc32)nc1. The molecule has 2 aromatic rings. The second kappa shape index (κ2) is 6.82. The minimum absolute atomic E-state index is 0.0160. The van der Waals surface area contributed by atoms with Gasteiger partial charge in [0, 0.05) is 25.8 Å². The van der Waals surface area contributed by atoms with E-state index in [0.29, 0.717) is 5.69 Å². The molecule has 0 atom stereocenters. The molecular formula is C19H23N3O. The summed E-state index contributed by atoms with van der Waals surface area (Å²) in [4.78, 5) is 21.1. The number of unbranched alkanes of at least 4 members (excludes halogenated alkanes) is 1. The van der Waals surface area contributed by atoms with Gasteiger partial charge < -0.3 is 9.80 Å². The van der Waals surface area contributed by atoms with Gasteiger partial charge in [-0.1, -0.05) is 31.5 Å². The maximum absolute atomic E-state index is 12.7. The molecule has 2 heterocycles. The van der Waals surface area contributed by atoms with Crippen molar-refractivity contribution in [2.24, 2.45) is 0 Å². The third-order valence-electron chi connectivity index (χ3n) is 4.39. The first-order valence-corrected chi connectivity index (χ1v) is 8.27. The molecule has 0 saturated heterocycles. The second-order valence-corrected chi connectivity index (χ2v) is 6.01. The zero-order valence-corrected chi connectivity index (χ0v) is 13.8. The first-order valence-electron chi connectivity index (χ1n) is 8.27. The summed E-state index contributed by atoms with van der Waals surface area (Å²) < 4.78 is 0. The van der Waals surface area contributed by atoms with Crippen LogP contribution in [0.4, 0.5) is 11.4 Å². The lowest BCUT2D eigenvalue weighted by molar-refractivity contribution is 0.0984. The third kappa shape index (κ3) is 3.21. The molecular weight excluding hydrogens is 286 g/mol. The van der Waals surface area contributed by atoms with Gasteiger partial charge in [0.1, 0.15) is 5.69 Å². The molecule has 0 fully saturated rings. The van der Waals surface area contributed by atoms with Crippen LogP contribution in [0.3, 0.4) is 0 Å². The number of para-hydroxylation sites is 1. The lowest BCUT2D eigenvalue weighted by Gasteiger charge is -2.20. The van der Waals surface area contributed by atoms with Crippen molar-refractivity contribution in [3.63, 3.8) is 0 Å². The van der Waals surface area contributed by atoms with Gasteiger partial charge in [-0.3, -0.25) is 4.79 Å². The Kier molecular flexibility index (Phi) is 4.60. The molecule has 3 rings (SSSR count). The number of hydrogen-bond acceptors (Lipinski definition) is 3. The highest BCUT2D eigenvalue weighted by atomic mass is 16.2. The van der Waals surface area contributed by atoms with Crippen molar-refractivity contribution in [3.8, 4) is 0 Å². The molecule has 120 valence electrons. The number of amides is 1. The van der Waals surface area contributed by atoms with Crippen LogP contribution >= 0.6 is 0 Å². The zero-order valence-electron chi connectivity index (χ0n) is 13.8. The Bertz CT molecular complexity index is 681. The molecule has 0 radical (unpaired) electrons. The number of pyridine rings is 1. The number of fused-ring (bicyclic) bond motifs is 1. The monoisotopic (exact) mass is 309 g/mol. The van der Waals surface area contributed by atoms with Gasteiger partial charge >= 0.3 is 0 Å². The number of carbonyl (C=O) groups excluding carboxylic acids is 1. The van der Waals surface area contributed by atoms with Crippen LogP contribution in [0.15, 0.2) is 42.6 Å². The number of anilines is 2. The average molecular weight is 309 g/mol. The molecule has 0 saturated carbocycles. The maximum Gasteiger partial charge on any atom is 0.276 e. The molecule has 0 aliphatic carbocycles. The highest BCUT2D eigenvalue weighted by molar-refractivity contribution is 6.06. The van der Waals surface area contributed by atoms with E-state index in [2.05, 4.69) is 29.9 Å². The number of aromatic nitrogens is 1. The summed E-state index contributed by atoms with van der Waals surface area (Å²) in [7, 11) is 2.06. The molecule has 1 aromatic carbocycles. The van der Waals surface area contributed by atoms with Crippen LogP contribution in [0.5, 0.6) is 0 Å². The number of carbonyl (C=O) groups is 1. The molecule has 1 amide bonds. The van der Waals surface area contributed by atoms with Gasteiger partial charge in [-0.05, 0) is 36.6 Å². The highest BCUT2D eigenvalue weighted by Gasteiger charge is 2.25. The van der Waals surface area contributed by atoms with E-state index in [9.17, 15) is 4.79 Å². The second-order valence-electron chi connectivity index (χ2n) is 6.01. The van der Waals surface area contributed by atoms with Crippen molar-refractivity contribution in [2.45, 2.75) is 26.2 Å². The molecule has 0 unspecified atom stereocenters. The van der Waals surface area contributed by atoms with E-state index < -0.39 is 0 Å². The summed E-state index contributed by atoms with van der Waals surface area (Å²) in [5.41, 5.74) is 3.81. The molecule has 1 aliphatic heterocycles. The van der Waals surface area contributed by atoms with Crippen molar-refractivity contribution < 1.29 is 4.79 Å². The van der Waals surface area contributed by atoms with Crippen LogP contribution < -0.4 is 9.80 Å². The van der Waals surface area contributed by atoms with E-state index in [1.54, 1.807) is 6.20 Å². The fourth-order valence-electron chi connectivity index (χ4n) is 2.95. The predicted molar refractivity (Wildman–Crippen MR) is 94.2 cm³/mol. The molecule has 4 nitrogen and oxygen atoms in total. The average Bonchev–Trinajstić information content (AvgIpc) is 3.03. The van der Waals surface area contributed by atoms with Crippen LogP contribution in [0.2, 0.25) is 0 Å². The predicted octanol–water partition coefficient (Wildman–Crippen LogP) is 3.52. The molecule has 1 aliphatic rings. The van der Waals surface area contributed by atoms with Crippen LogP contribution in [0.25, 0.3) is 0 Å². The Morgan fingerprint density at radius 1 is 1.26 bits per heavy atom. The quantitative estimate of drug-likeness (QED) is 0.848. The van der Waals surface area contributed by atoms with Crippen molar-refractivity contribution in [3.05, 3.63) is 53.9 Å². The Morgan fingerprint density at radius 2 is 2.09 bits per heavy atom. The van der Waals surface area contributed by atoms with E-state index in [-0.39, 0.29) is 5.91 Å². The van der Waals surface area contributed by atoms with E-state index in [1.807, 2.05) is 35.2 Å². The third-order valence-corrected chi connectivity index (χ3v) is 4.39. The van der Waals surface area contributed by atoms with Crippen LogP contribution in [-0.4, -0.2) is 31.0 Å². The van der Waals surface area contributed by atoms with E-state index in [4.69, 9.17) is 0 Å². The Morgan fingerprint density at radius 3 is 2.83 bits per heavy atom. The van der Waals surface area contributed by atoms with Crippen LogP contribution in [0.1, 0.15) is 35.8 Å². The minimum atomic E-state index is -0.0160. The summed E-state index contributed by atoms with van der Waals surface area (Å²) in [5.74, 6) is -0.0160. The number of hydrogen-bond donors (Lipinski definition) is 0. The van der Waals surface area contributed by atoms with Gasteiger partial charge in [0.2, 0.25) is 0 Å². The molecule has 23 heavy (non-hydrogen) atoms. The van der Waals surface area contributed by atoms with Crippen molar-refractivity contribution in [1.82, 2.24) is 4.98 Å². The van der Waals surface area contributed by atoms with Crippen LogP contribution in [0, 0.1) is 0 Å². The fraction of sp³-hybridized carbons (Fsp3) is 0.368. The first kappa shape index (κ1) is 15.5. The van der Waals surface area contributed by atoms with Crippen molar-refractivity contribution >= 4 is 17.3 Å². The molecule has 0 bridgehead atoms. The topological polar surface area (TPSA) is 36.4 Å². The molecule has 0 N–H and O–H groups in total. The van der Waals surface area contributed by atoms with E-state index >= 15 is 0 Å². The van der Waals surface area contributed by atoms with E-state index in [0.717, 1.165) is 37.3 Å². The van der Waals surface area contributed by atoms with Gasteiger partial charge in [0.15, 0.2) is 0 Å². The summed E-state index contributed by atoms with van der Waals surface area (Å²) >= 11 is 0. The molecule has 0 spiro atoms. The molecule has 1 aromatic heterocycles. The van der Waals surface area contributed by atoms with Crippen molar-refractivity contribution in [1.29, 1.82) is 0 Å². The Balaban J connectivity index is 1.74. The van der Waals surface area contributed by atoms with Crippen molar-refractivity contribution in [2.75, 3.05) is 29.9 Å². The summed E-state index contributed by atoms with van der Waals surface area (Å²) in [6.45, 7) is 3.92. The number of rotatable bonds is 5. The maximum atomic E-state index is 12.7. The largest absolute Gasteiger partial charge is 0.373 e. The van der Waals surface area contributed by atoms with Gasteiger partial charge in [-0.25, -0.2) is 4.98 Å².